The maximum Gasteiger partial charge on any atom is 0.303 e. The zero-order valence-electron chi connectivity index (χ0n) is 13.4. The summed E-state index contributed by atoms with van der Waals surface area (Å²) in [6.07, 6.45) is 8.42. The summed E-state index contributed by atoms with van der Waals surface area (Å²) in [5.74, 6) is -0.248. The molecule has 0 rings (SSSR count). The Balaban J connectivity index is 4.43. The van der Waals surface area contributed by atoms with Gasteiger partial charge in [0.1, 0.15) is 6.10 Å². The Kier molecular flexibility index (Phi) is 9.73. The third kappa shape index (κ3) is 10.6. The maximum atomic E-state index is 11.1. The first-order valence-corrected chi connectivity index (χ1v) is 7.09. The Hall–Kier alpha value is -1.35. The van der Waals surface area contributed by atoms with Crippen molar-refractivity contribution in [2.45, 2.75) is 60.0 Å². The van der Waals surface area contributed by atoms with Crippen LogP contribution in [0.1, 0.15) is 53.9 Å². The molecule has 1 N–H and O–H groups in total. The number of hydrogen-bond donors (Lipinski definition) is 1. The molecule has 0 aromatic carbocycles. The molecule has 0 saturated heterocycles. The lowest BCUT2D eigenvalue weighted by atomic mass is 10.0. The number of carbonyl (C=O) groups excluding carboxylic acids is 1. The van der Waals surface area contributed by atoms with Crippen LogP contribution in [0.25, 0.3) is 0 Å². The van der Waals surface area contributed by atoms with Crippen molar-refractivity contribution in [1.82, 2.24) is 0 Å². The lowest BCUT2D eigenvalue weighted by molar-refractivity contribution is -0.144. The van der Waals surface area contributed by atoms with E-state index >= 15 is 0 Å². The van der Waals surface area contributed by atoms with E-state index in [4.69, 9.17) is 9.84 Å². The maximum absolute atomic E-state index is 11.1. The van der Waals surface area contributed by atoms with Gasteiger partial charge in [-0.05, 0) is 46.6 Å². The van der Waals surface area contributed by atoms with E-state index in [9.17, 15) is 4.79 Å². The minimum absolute atomic E-state index is 0.101. The van der Waals surface area contributed by atoms with Crippen molar-refractivity contribution in [3.8, 4) is 0 Å². The standard InChI is InChI=1S/C17H28O3/c1-13(2)11-17(20-16(5)19)12-15(4)8-6-7-14(3)9-10-18/h8-9,11,17-18H,6-7,10,12H2,1-5H3/b14-9+,15-8+/t17-/m1/s1. The highest BCUT2D eigenvalue weighted by Crippen LogP contribution is 2.14. The van der Waals surface area contributed by atoms with Crippen molar-refractivity contribution >= 4 is 5.97 Å². The number of carbonyl (C=O) groups is 1. The molecule has 3 heteroatoms. The molecule has 0 heterocycles. The molecule has 0 aliphatic heterocycles. The average molecular weight is 280 g/mol. The first-order valence-electron chi connectivity index (χ1n) is 7.09. The topological polar surface area (TPSA) is 46.5 Å². The largest absolute Gasteiger partial charge is 0.458 e. The number of rotatable bonds is 8. The van der Waals surface area contributed by atoms with Gasteiger partial charge in [-0.1, -0.05) is 28.9 Å². The molecule has 0 aliphatic carbocycles. The molecule has 0 saturated carbocycles. The molecule has 0 amide bonds. The van der Waals surface area contributed by atoms with Crippen LogP contribution < -0.4 is 0 Å². The van der Waals surface area contributed by atoms with Gasteiger partial charge in [-0.3, -0.25) is 4.79 Å². The van der Waals surface area contributed by atoms with Gasteiger partial charge < -0.3 is 9.84 Å². The summed E-state index contributed by atoms with van der Waals surface area (Å²) in [6, 6.07) is 0. The average Bonchev–Trinajstić information content (AvgIpc) is 2.26. The van der Waals surface area contributed by atoms with Crippen LogP contribution >= 0.6 is 0 Å². The lowest BCUT2D eigenvalue weighted by Crippen LogP contribution is -2.14. The molecule has 0 spiro atoms. The highest BCUT2D eigenvalue weighted by atomic mass is 16.5. The number of ether oxygens (including phenoxy) is 1. The van der Waals surface area contributed by atoms with Crippen LogP contribution in [0.15, 0.2) is 34.9 Å². The molecule has 0 fully saturated rings. The molecule has 1 atom stereocenters. The van der Waals surface area contributed by atoms with E-state index in [-0.39, 0.29) is 18.7 Å². The third-order valence-electron chi connectivity index (χ3n) is 2.83. The van der Waals surface area contributed by atoms with E-state index in [1.165, 1.54) is 18.1 Å². The lowest BCUT2D eigenvalue weighted by Gasteiger charge is -2.14. The molecular weight excluding hydrogens is 252 g/mol. The van der Waals surface area contributed by atoms with Crippen LogP contribution in [-0.2, 0) is 9.53 Å². The molecule has 0 unspecified atom stereocenters. The highest BCUT2D eigenvalue weighted by Gasteiger charge is 2.09. The minimum atomic E-state index is -0.248. The fourth-order valence-electron chi connectivity index (χ4n) is 1.92. The number of aliphatic hydroxyl groups excluding tert-OH is 1. The molecule has 0 bridgehead atoms. The van der Waals surface area contributed by atoms with E-state index in [1.807, 2.05) is 32.9 Å². The fraction of sp³-hybridized carbons (Fsp3) is 0.588. The van der Waals surface area contributed by atoms with Gasteiger partial charge >= 0.3 is 5.97 Å². The van der Waals surface area contributed by atoms with E-state index in [1.54, 1.807) is 0 Å². The Bertz CT molecular complexity index is 385. The Morgan fingerprint density at radius 2 is 1.75 bits per heavy atom. The van der Waals surface area contributed by atoms with Gasteiger partial charge in [0, 0.05) is 13.3 Å². The van der Waals surface area contributed by atoms with Gasteiger partial charge in [0.15, 0.2) is 0 Å². The summed E-state index contributed by atoms with van der Waals surface area (Å²) in [5.41, 5.74) is 3.55. The van der Waals surface area contributed by atoms with Crippen molar-refractivity contribution in [1.29, 1.82) is 0 Å². The molecule has 0 aromatic rings. The van der Waals surface area contributed by atoms with E-state index in [0.717, 1.165) is 24.8 Å². The van der Waals surface area contributed by atoms with Crippen molar-refractivity contribution in [2.75, 3.05) is 6.61 Å². The van der Waals surface area contributed by atoms with Crippen LogP contribution in [0.5, 0.6) is 0 Å². The smallest absolute Gasteiger partial charge is 0.303 e. The normalized spacial score (nSPS) is 13.9. The van der Waals surface area contributed by atoms with E-state index in [2.05, 4.69) is 13.0 Å². The van der Waals surface area contributed by atoms with Gasteiger partial charge in [0.2, 0.25) is 0 Å². The van der Waals surface area contributed by atoms with Crippen LogP contribution in [0, 0.1) is 0 Å². The van der Waals surface area contributed by atoms with Crippen molar-refractivity contribution in [3.05, 3.63) is 34.9 Å². The summed E-state index contributed by atoms with van der Waals surface area (Å²) >= 11 is 0. The molecule has 0 radical (unpaired) electrons. The predicted molar refractivity (Wildman–Crippen MR) is 83.4 cm³/mol. The number of aliphatic hydroxyl groups is 1. The highest BCUT2D eigenvalue weighted by molar-refractivity contribution is 5.66. The van der Waals surface area contributed by atoms with Crippen molar-refractivity contribution < 1.29 is 14.6 Å². The minimum Gasteiger partial charge on any atom is -0.458 e. The molecule has 3 nitrogen and oxygen atoms in total. The first-order chi connectivity index (χ1) is 9.35. The van der Waals surface area contributed by atoms with E-state index < -0.39 is 0 Å². The Morgan fingerprint density at radius 1 is 1.10 bits per heavy atom. The number of hydrogen-bond acceptors (Lipinski definition) is 3. The number of allylic oxidation sites excluding steroid dienone is 3. The monoisotopic (exact) mass is 280 g/mol. The van der Waals surface area contributed by atoms with Gasteiger partial charge in [0.25, 0.3) is 0 Å². The Labute approximate surface area is 123 Å². The quantitative estimate of drug-likeness (QED) is 0.541. The summed E-state index contributed by atoms with van der Waals surface area (Å²) in [7, 11) is 0. The second-order valence-corrected chi connectivity index (χ2v) is 5.42. The second-order valence-electron chi connectivity index (χ2n) is 5.42. The molecule has 20 heavy (non-hydrogen) atoms. The fourth-order valence-corrected chi connectivity index (χ4v) is 1.92. The summed E-state index contributed by atoms with van der Waals surface area (Å²) in [4.78, 5) is 11.1. The molecule has 0 aliphatic rings. The number of esters is 1. The third-order valence-corrected chi connectivity index (χ3v) is 2.83. The van der Waals surface area contributed by atoms with Gasteiger partial charge in [-0.25, -0.2) is 0 Å². The zero-order chi connectivity index (χ0) is 15.5. The summed E-state index contributed by atoms with van der Waals surface area (Å²) < 4.78 is 5.30. The molecular formula is C17H28O3. The second kappa shape index (κ2) is 10.4. The van der Waals surface area contributed by atoms with Crippen molar-refractivity contribution in [3.63, 3.8) is 0 Å². The van der Waals surface area contributed by atoms with Crippen LogP contribution in [-0.4, -0.2) is 23.8 Å². The summed E-state index contributed by atoms with van der Waals surface area (Å²) in [5, 5.41) is 8.79. The first kappa shape index (κ1) is 18.7. The van der Waals surface area contributed by atoms with Gasteiger partial charge in [-0.2, -0.15) is 0 Å². The zero-order valence-corrected chi connectivity index (χ0v) is 13.4. The van der Waals surface area contributed by atoms with E-state index in [0.29, 0.717) is 0 Å². The SMILES string of the molecule is CC(=O)O[C@H](C=C(C)C)C/C(C)=C/CC/C(C)=C/CO. The Morgan fingerprint density at radius 3 is 2.25 bits per heavy atom. The van der Waals surface area contributed by atoms with Gasteiger partial charge in [0.05, 0.1) is 6.61 Å². The molecule has 0 aromatic heterocycles. The van der Waals surface area contributed by atoms with Crippen molar-refractivity contribution in [2.24, 2.45) is 0 Å². The molecule has 114 valence electrons. The summed E-state index contributed by atoms with van der Waals surface area (Å²) in [6.45, 7) is 9.61. The predicted octanol–water partition coefficient (Wildman–Crippen LogP) is 3.94. The van der Waals surface area contributed by atoms with Crippen LogP contribution in [0.4, 0.5) is 0 Å². The van der Waals surface area contributed by atoms with Gasteiger partial charge in [-0.15, -0.1) is 0 Å². The van der Waals surface area contributed by atoms with Crippen LogP contribution in [0.2, 0.25) is 0 Å². The van der Waals surface area contributed by atoms with Crippen LogP contribution in [0.3, 0.4) is 0 Å².